The molecule has 1 aliphatic rings. The van der Waals surface area contributed by atoms with E-state index in [2.05, 4.69) is 135 Å². The van der Waals surface area contributed by atoms with Gasteiger partial charge in [-0.1, -0.05) is 92.7 Å². The molecule has 0 atom stereocenters. The first-order valence-electron chi connectivity index (χ1n) is 11.6. The normalized spacial score (nSPS) is 13.5. The predicted octanol–water partition coefficient (Wildman–Crippen LogP) is 8.58. The van der Waals surface area contributed by atoms with Crippen LogP contribution in [0.25, 0.3) is 33.0 Å². The molecular formula is C32H27N. The van der Waals surface area contributed by atoms with E-state index in [0.717, 1.165) is 0 Å². The molecule has 0 aromatic heterocycles. The Bertz CT molecular complexity index is 1490. The van der Waals surface area contributed by atoms with Gasteiger partial charge in [0.15, 0.2) is 0 Å². The zero-order valence-electron chi connectivity index (χ0n) is 19.3. The fourth-order valence-corrected chi connectivity index (χ4v) is 5.30. The molecule has 0 aliphatic heterocycles. The molecule has 0 unspecified atom stereocenters. The lowest BCUT2D eigenvalue weighted by atomic mass is 9.81. The van der Waals surface area contributed by atoms with Gasteiger partial charge in [-0.2, -0.15) is 0 Å². The van der Waals surface area contributed by atoms with Crippen molar-refractivity contribution in [3.63, 3.8) is 0 Å². The minimum Gasteiger partial charge on any atom is -0.345 e. The zero-order valence-corrected chi connectivity index (χ0v) is 19.3. The Labute approximate surface area is 195 Å². The minimum absolute atomic E-state index is 0.0260. The summed E-state index contributed by atoms with van der Waals surface area (Å²) in [7, 11) is 2.13. The lowest BCUT2D eigenvalue weighted by molar-refractivity contribution is 0.660. The highest BCUT2D eigenvalue weighted by Crippen LogP contribution is 2.49. The Hall–Kier alpha value is -3.84. The summed E-state index contributed by atoms with van der Waals surface area (Å²) in [4.78, 5) is 2.25. The molecule has 0 heterocycles. The van der Waals surface area contributed by atoms with Crippen LogP contribution in [0.2, 0.25) is 0 Å². The molecule has 5 aromatic rings. The number of nitrogens with zero attached hydrogens (tertiary/aromatic N) is 1. The maximum Gasteiger partial charge on any atom is 0.0414 e. The van der Waals surface area contributed by atoms with Gasteiger partial charge in [-0.25, -0.2) is 0 Å². The first kappa shape index (κ1) is 19.8. The van der Waals surface area contributed by atoms with E-state index in [9.17, 15) is 0 Å². The summed E-state index contributed by atoms with van der Waals surface area (Å²) < 4.78 is 0. The zero-order chi connectivity index (χ0) is 22.6. The summed E-state index contributed by atoms with van der Waals surface area (Å²) in [5, 5.41) is 2.53. The number of rotatable bonds is 3. The molecule has 0 N–H and O–H groups in total. The molecule has 0 radical (unpaired) electrons. The van der Waals surface area contributed by atoms with Gasteiger partial charge in [-0.05, 0) is 74.5 Å². The Morgan fingerprint density at radius 3 is 1.97 bits per heavy atom. The summed E-state index contributed by atoms with van der Waals surface area (Å²) in [6.07, 6.45) is 0. The third kappa shape index (κ3) is 3.15. The fraction of sp³-hybridized carbons (Fsp3) is 0.125. The van der Waals surface area contributed by atoms with Crippen molar-refractivity contribution in [3.8, 4) is 22.3 Å². The van der Waals surface area contributed by atoms with E-state index >= 15 is 0 Å². The Balaban J connectivity index is 1.32. The number of hydrogen-bond acceptors (Lipinski definition) is 1. The Morgan fingerprint density at radius 1 is 0.515 bits per heavy atom. The molecule has 6 rings (SSSR count). The SMILES string of the molecule is CN(c1ccc(-c2ccc3c(c2)C(C)(C)c2ccccc2-3)cc1)c1ccc2ccccc2c1. The number of anilines is 2. The van der Waals surface area contributed by atoms with Crippen molar-refractivity contribution in [2.45, 2.75) is 19.3 Å². The van der Waals surface area contributed by atoms with Crippen molar-refractivity contribution in [2.75, 3.05) is 11.9 Å². The molecule has 33 heavy (non-hydrogen) atoms. The van der Waals surface area contributed by atoms with Crippen LogP contribution < -0.4 is 4.90 Å². The van der Waals surface area contributed by atoms with Crippen LogP contribution in [-0.4, -0.2) is 7.05 Å². The summed E-state index contributed by atoms with van der Waals surface area (Å²) in [5.74, 6) is 0. The highest BCUT2D eigenvalue weighted by molar-refractivity contribution is 5.87. The first-order chi connectivity index (χ1) is 16.0. The molecule has 0 saturated carbocycles. The van der Waals surface area contributed by atoms with E-state index in [4.69, 9.17) is 0 Å². The molecule has 0 bridgehead atoms. The topological polar surface area (TPSA) is 3.24 Å². The van der Waals surface area contributed by atoms with Crippen LogP contribution in [0.15, 0.2) is 109 Å². The van der Waals surface area contributed by atoms with Gasteiger partial charge in [0, 0.05) is 23.8 Å². The number of fused-ring (bicyclic) bond motifs is 4. The van der Waals surface area contributed by atoms with E-state index < -0.39 is 0 Å². The van der Waals surface area contributed by atoms with Gasteiger partial charge in [0.25, 0.3) is 0 Å². The first-order valence-corrected chi connectivity index (χ1v) is 11.6. The van der Waals surface area contributed by atoms with Crippen molar-refractivity contribution < 1.29 is 0 Å². The van der Waals surface area contributed by atoms with Crippen molar-refractivity contribution in [3.05, 3.63) is 120 Å². The lowest BCUT2D eigenvalue weighted by Gasteiger charge is -2.22. The smallest absolute Gasteiger partial charge is 0.0414 e. The monoisotopic (exact) mass is 425 g/mol. The largest absolute Gasteiger partial charge is 0.345 e. The highest BCUT2D eigenvalue weighted by Gasteiger charge is 2.35. The van der Waals surface area contributed by atoms with Gasteiger partial charge >= 0.3 is 0 Å². The second-order valence-electron chi connectivity index (χ2n) is 9.57. The van der Waals surface area contributed by atoms with Crippen LogP contribution >= 0.6 is 0 Å². The third-order valence-corrected chi connectivity index (χ3v) is 7.29. The Kier molecular flexibility index (Phi) is 4.41. The van der Waals surface area contributed by atoms with Gasteiger partial charge in [-0.3, -0.25) is 0 Å². The van der Waals surface area contributed by atoms with Crippen molar-refractivity contribution in [1.82, 2.24) is 0 Å². The van der Waals surface area contributed by atoms with E-state index in [1.165, 1.54) is 55.5 Å². The van der Waals surface area contributed by atoms with E-state index in [1.807, 2.05) is 0 Å². The van der Waals surface area contributed by atoms with Crippen LogP contribution in [0.1, 0.15) is 25.0 Å². The van der Waals surface area contributed by atoms with E-state index in [0.29, 0.717) is 0 Å². The maximum atomic E-state index is 2.39. The van der Waals surface area contributed by atoms with Gasteiger partial charge < -0.3 is 4.90 Å². The molecule has 1 nitrogen and oxygen atoms in total. The van der Waals surface area contributed by atoms with Crippen LogP contribution in [0, 0.1) is 0 Å². The van der Waals surface area contributed by atoms with Gasteiger partial charge in [0.1, 0.15) is 0 Å². The molecule has 1 aliphatic carbocycles. The van der Waals surface area contributed by atoms with Gasteiger partial charge in [0.05, 0.1) is 0 Å². The third-order valence-electron chi connectivity index (χ3n) is 7.29. The quantitative estimate of drug-likeness (QED) is 0.280. The van der Waals surface area contributed by atoms with Crippen molar-refractivity contribution >= 4 is 22.1 Å². The molecule has 0 saturated heterocycles. The van der Waals surface area contributed by atoms with Crippen molar-refractivity contribution in [1.29, 1.82) is 0 Å². The maximum absolute atomic E-state index is 2.39. The average Bonchev–Trinajstić information content (AvgIpc) is 3.10. The van der Waals surface area contributed by atoms with Gasteiger partial charge in [-0.15, -0.1) is 0 Å². The summed E-state index contributed by atoms with van der Waals surface area (Å²) in [6.45, 7) is 4.67. The second kappa shape index (κ2) is 7.35. The molecular weight excluding hydrogens is 398 g/mol. The van der Waals surface area contributed by atoms with Crippen LogP contribution in [0.4, 0.5) is 11.4 Å². The average molecular weight is 426 g/mol. The molecule has 0 amide bonds. The van der Waals surface area contributed by atoms with Crippen LogP contribution in [0.3, 0.4) is 0 Å². The highest BCUT2D eigenvalue weighted by atomic mass is 15.1. The van der Waals surface area contributed by atoms with Crippen molar-refractivity contribution in [2.24, 2.45) is 0 Å². The van der Waals surface area contributed by atoms with E-state index in [-0.39, 0.29) is 5.41 Å². The predicted molar refractivity (Wildman–Crippen MR) is 141 cm³/mol. The summed E-state index contributed by atoms with van der Waals surface area (Å²) in [5.41, 5.74) is 10.5. The summed E-state index contributed by atoms with van der Waals surface area (Å²) in [6, 6.07) is 39.8. The molecule has 0 fully saturated rings. The van der Waals surface area contributed by atoms with Crippen LogP contribution in [0.5, 0.6) is 0 Å². The number of hydrogen-bond donors (Lipinski definition) is 0. The van der Waals surface area contributed by atoms with E-state index in [1.54, 1.807) is 0 Å². The fourth-order valence-electron chi connectivity index (χ4n) is 5.30. The number of benzene rings is 5. The summed E-state index contributed by atoms with van der Waals surface area (Å²) >= 11 is 0. The second-order valence-corrected chi connectivity index (χ2v) is 9.57. The van der Waals surface area contributed by atoms with Gasteiger partial charge in [0.2, 0.25) is 0 Å². The Morgan fingerprint density at radius 2 is 1.15 bits per heavy atom. The lowest BCUT2D eigenvalue weighted by Crippen LogP contribution is -2.14. The molecule has 0 spiro atoms. The van der Waals surface area contributed by atoms with Crippen LogP contribution in [-0.2, 0) is 5.41 Å². The minimum atomic E-state index is 0.0260. The standard InChI is InChI=1S/C32H27N/c1-32(2)30-11-7-6-10-28(30)29-19-15-25(21-31(29)32)23-12-16-26(17-13-23)33(3)27-18-14-22-8-4-5-9-24(22)20-27/h4-21H,1-3H3. The molecule has 160 valence electrons. The molecule has 5 aromatic carbocycles. The molecule has 1 heteroatoms.